The summed E-state index contributed by atoms with van der Waals surface area (Å²) >= 11 is 0. The van der Waals surface area contributed by atoms with Gasteiger partial charge >= 0.3 is 5.97 Å². The van der Waals surface area contributed by atoms with Gasteiger partial charge in [0.2, 0.25) is 11.8 Å². The van der Waals surface area contributed by atoms with Crippen molar-refractivity contribution in [2.75, 3.05) is 12.0 Å². The Morgan fingerprint density at radius 3 is 2.19 bits per heavy atom. The number of rotatable bonds is 3. The number of esters is 1. The summed E-state index contributed by atoms with van der Waals surface area (Å²) in [6.07, 6.45) is 2.02. The molecule has 0 unspecified atom stereocenters. The first-order valence-electron chi connectivity index (χ1n) is 14.0. The summed E-state index contributed by atoms with van der Waals surface area (Å²) in [6, 6.07) is 32.6. The lowest BCUT2D eigenvalue weighted by Crippen LogP contribution is -2.42. The van der Waals surface area contributed by atoms with Crippen molar-refractivity contribution in [3.63, 3.8) is 0 Å². The van der Waals surface area contributed by atoms with Crippen LogP contribution < -0.4 is 14.4 Å². The third kappa shape index (κ3) is 3.48. The van der Waals surface area contributed by atoms with E-state index in [9.17, 15) is 14.4 Å². The Bertz CT molecular complexity index is 1990. The number of carbonyl (C=O) groups excluding carboxylic acids is 3. The summed E-state index contributed by atoms with van der Waals surface area (Å²) in [6.45, 7) is 0. The topological polar surface area (TPSA) is 72.9 Å². The van der Waals surface area contributed by atoms with Gasteiger partial charge in [-0.3, -0.25) is 14.4 Å². The minimum Gasteiger partial charge on any atom is -0.497 e. The lowest BCUT2D eigenvalue weighted by atomic mass is 9.64. The molecule has 1 saturated heterocycles. The number of hydrogen-bond donors (Lipinski definition) is 0. The Morgan fingerprint density at radius 1 is 0.714 bits per heavy atom. The summed E-state index contributed by atoms with van der Waals surface area (Å²) in [5.41, 5.74) is 2.92. The second-order valence-electron chi connectivity index (χ2n) is 11.1. The standard InChI is InChI=1S/C36H25NO5/c1-41-25-15-11-22(12-16-25)27-19-28-30-26-9-5-4-7-21(26)13-17-29(30)42-36(40)32(28)33-31(27)34(38)37(35(33)39)24-14-10-20-6-2-3-8-23(20)18-24/h2-19,27,31-33H,1H3/t27-,31-,32-,33+/m0/s1. The molecule has 42 heavy (non-hydrogen) atoms. The van der Waals surface area contributed by atoms with Gasteiger partial charge in [-0.15, -0.1) is 0 Å². The number of hydrogen-bond acceptors (Lipinski definition) is 5. The van der Waals surface area contributed by atoms with Crippen molar-refractivity contribution in [3.8, 4) is 11.5 Å². The average molecular weight is 552 g/mol. The highest BCUT2D eigenvalue weighted by Crippen LogP contribution is 2.56. The van der Waals surface area contributed by atoms with E-state index in [1.807, 2.05) is 103 Å². The summed E-state index contributed by atoms with van der Waals surface area (Å²) in [7, 11) is 1.61. The molecule has 1 fully saturated rings. The third-order valence-corrected chi connectivity index (χ3v) is 8.97. The van der Waals surface area contributed by atoms with E-state index < -0.39 is 29.6 Å². The molecule has 204 valence electrons. The van der Waals surface area contributed by atoms with Crippen molar-refractivity contribution in [2.24, 2.45) is 17.8 Å². The fraction of sp³-hybridized carbons (Fsp3) is 0.139. The highest BCUT2D eigenvalue weighted by molar-refractivity contribution is 6.25. The largest absolute Gasteiger partial charge is 0.497 e. The molecule has 0 bridgehead atoms. The average Bonchev–Trinajstić information content (AvgIpc) is 3.29. The van der Waals surface area contributed by atoms with Crippen LogP contribution in [0.1, 0.15) is 17.0 Å². The second kappa shape index (κ2) is 9.14. The van der Waals surface area contributed by atoms with E-state index >= 15 is 0 Å². The maximum absolute atomic E-state index is 14.4. The number of ether oxygens (including phenoxy) is 2. The smallest absolute Gasteiger partial charge is 0.319 e. The first-order chi connectivity index (χ1) is 20.5. The second-order valence-corrected chi connectivity index (χ2v) is 11.1. The zero-order chi connectivity index (χ0) is 28.5. The van der Waals surface area contributed by atoms with Crippen LogP contribution in [-0.2, 0) is 14.4 Å². The fourth-order valence-corrected chi connectivity index (χ4v) is 7.05. The van der Waals surface area contributed by atoms with Crippen molar-refractivity contribution < 1.29 is 23.9 Å². The molecular formula is C36H25NO5. The molecule has 4 atom stereocenters. The number of benzene rings is 5. The van der Waals surface area contributed by atoms with E-state index in [-0.39, 0.29) is 11.8 Å². The van der Waals surface area contributed by atoms with Gasteiger partial charge in [0.1, 0.15) is 11.5 Å². The Balaban J connectivity index is 1.34. The normalized spacial score (nSPS) is 22.8. The molecule has 0 aromatic heterocycles. The summed E-state index contributed by atoms with van der Waals surface area (Å²) in [5, 5.41) is 3.88. The molecule has 2 aliphatic heterocycles. The summed E-state index contributed by atoms with van der Waals surface area (Å²) in [5.74, 6) is -3.05. The molecule has 8 rings (SSSR count). The van der Waals surface area contributed by atoms with E-state index in [0.717, 1.165) is 38.2 Å². The van der Waals surface area contributed by atoms with Crippen molar-refractivity contribution in [1.82, 2.24) is 0 Å². The molecule has 0 N–H and O–H groups in total. The number of imide groups is 1. The van der Waals surface area contributed by atoms with E-state index in [1.54, 1.807) is 13.2 Å². The van der Waals surface area contributed by atoms with Crippen LogP contribution in [0.3, 0.4) is 0 Å². The molecule has 6 nitrogen and oxygen atoms in total. The van der Waals surface area contributed by atoms with Crippen molar-refractivity contribution in [3.05, 3.63) is 120 Å². The lowest BCUT2D eigenvalue weighted by Gasteiger charge is -2.38. The van der Waals surface area contributed by atoms with E-state index in [1.165, 1.54) is 4.90 Å². The van der Waals surface area contributed by atoms with Crippen LogP contribution in [0.15, 0.2) is 109 Å². The van der Waals surface area contributed by atoms with Gasteiger partial charge < -0.3 is 9.47 Å². The number of allylic oxidation sites excluding steroid dienone is 1. The van der Waals surface area contributed by atoms with Crippen LogP contribution in [0.5, 0.6) is 11.5 Å². The zero-order valence-electron chi connectivity index (χ0n) is 22.7. The number of fused-ring (bicyclic) bond motifs is 8. The first-order valence-corrected chi connectivity index (χ1v) is 14.0. The molecule has 3 aliphatic rings. The predicted octanol–water partition coefficient (Wildman–Crippen LogP) is 6.52. The van der Waals surface area contributed by atoms with Gasteiger partial charge in [-0.2, -0.15) is 0 Å². The maximum Gasteiger partial charge on any atom is 0.319 e. The molecule has 0 saturated carbocycles. The molecule has 2 heterocycles. The fourth-order valence-electron chi connectivity index (χ4n) is 7.05. The van der Waals surface area contributed by atoms with Crippen molar-refractivity contribution in [1.29, 1.82) is 0 Å². The Labute approximate surface area is 241 Å². The van der Waals surface area contributed by atoms with Gasteiger partial charge in [0.25, 0.3) is 0 Å². The van der Waals surface area contributed by atoms with Crippen LogP contribution in [0.2, 0.25) is 0 Å². The zero-order valence-corrected chi connectivity index (χ0v) is 22.7. The Morgan fingerprint density at radius 2 is 1.40 bits per heavy atom. The van der Waals surface area contributed by atoms with Crippen molar-refractivity contribution >= 4 is 50.6 Å². The van der Waals surface area contributed by atoms with Crippen LogP contribution in [0.4, 0.5) is 5.69 Å². The number of carbonyl (C=O) groups is 3. The number of nitrogens with zero attached hydrogens (tertiary/aromatic N) is 1. The van der Waals surface area contributed by atoms with E-state index in [0.29, 0.717) is 17.2 Å². The van der Waals surface area contributed by atoms with Crippen LogP contribution >= 0.6 is 0 Å². The highest BCUT2D eigenvalue weighted by atomic mass is 16.5. The molecule has 5 aromatic carbocycles. The predicted molar refractivity (Wildman–Crippen MR) is 160 cm³/mol. The minimum atomic E-state index is -0.907. The first kappa shape index (κ1) is 24.6. The molecule has 2 amide bonds. The number of anilines is 1. The molecule has 6 heteroatoms. The maximum atomic E-state index is 14.4. The van der Waals surface area contributed by atoms with Crippen molar-refractivity contribution in [2.45, 2.75) is 5.92 Å². The molecule has 1 aliphatic carbocycles. The molecule has 0 spiro atoms. The van der Waals surface area contributed by atoms with Gasteiger partial charge in [-0.25, -0.2) is 4.90 Å². The van der Waals surface area contributed by atoms with E-state index in [4.69, 9.17) is 9.47 Å². The lowest BCUT2D eigenvalue weighted by molar-refractivity contribution is -0.142. The van der Waals surface area contributed by atoms with Gasteiger partial charge in [-0.05, 0) is 63.0 Å². The monoisotopic (exact) mass is 551 g/mol. The molecular weight excluding hydrogens is 526 g/mol. The molecule has 0 radical (unpaired) electrons. The SMILES string of the molecule is COc1ccc([C@@H]2C=C3c4c(ccc5ccccc45)OC(=O)[C@@H]3[C@@H]3C(=O)N(c4ccc5ccccc5c4)C(=O)[C@H]32)cc1. The molecule has 5 aromatic rings. The van der Waals surface area contributed by atoms with Gasteiger partial charge in [0, 0.05) is 11.5 Å². The van der Waals surface area contributed by atoms with E-state index in [2.05, 4.69) is 0 Å². The van der Waals surface area contributed by atoms with Crippen LogP contribution in [0.25, 0.3) is 27.1 Å². The highest BCUT2D eigenvalue weighted by Gasteiger charge is 2.60. The summed E-state index contributed by atoms with van der Waals surface area (Å²) in [4.78, 5) is 43.7. The summed E-state index contributed by atoms with van der Waals surface area (Å²) < 4.78 is 11.3. The number of methoxy groups -OCH3 is 1. The Hall–Kier alpha value is -5.23. The minimum absolute atomic E-state index is 0.312. The van der Waals surface area contributed by atoms with Crippen LogP contribution in [0, 0.1) is 17.8 Å². The van der Waals surface area contributed by atoms with Gasteiger partial charge in [0.05, 0.1) is 30.6 Å². The Kier molecular flexibility index (Phi) is 5.35. The van der Waals surface area contributed by atoms with Gasteiger partial charge in [0.15, 0.2) is 0 Å². The van der Waals surface area contributed by atoms with Crippen LogP contribution in [-0.4, -0.2) is 24.9 Å². The van der Waals surface area contributed by atoms with Gasteiger partial charge in [-0.1, -0.05) is 78.9 Å². The quantitative estimate of drug-likeness (QED) is 0.145. The number of amides is 2. The third-order valence-electron chi connectivity index (χ3n) is 8.97.